The predicted octanol–water partition coefficient (Wildman–Crippen LogP) is 6.16. The summed E-state index contributed by atoms with van der Waals surface area (Å²) in [4.78, 5) is 77.9. The van der Waals surface area contributed by atoms with Crippen LogP contribution < -0.4 is 15.5 Å². The number of hydrogen-bond donors (Lipinski definition) is 2. The lowest BCUT2D eigenvalue weighted by atomic mass is 9.61. The fourth-order valence-electron chi connectivity index (χ4n) is 9.71. The van der Waals surface area contributed by atoms with Crippen molar-refractivity contribution >= 4 is 52.0 Å². The quantitative estimate of drug-likeness (QED) is 0.208. The van der Waals surface area contributed by atoms with Crippen molar-refractivity contribution in [3.63, 3.8) is 0 Å². The van der Waals surface area contributed by atoms with Gasteiger partial charge in [0.1, 0.15) is 23.8 Å². The molecule has 5 amide bonds. The van der Waals surface area contributed by atoms with Crippen molar-refractivity contribution in [2.24, 2.45) is 11.3 Å². The molecular formula is C44H46FN7O6. The Balaban J connectivity index is 0.722. The van der Waals surface area contributed by atoms with Gasteiger partial charge in [-0.15, -0.1) is 0 Å². The Kier molecular flexibility index (Phi) is 9.69. The summed E-state index contributed by atoms with van der Waals surface area (Å²) in [6.07, 6.45) is 8.68. The van der Waals surface area contributed by atoms with Crippen LogP contribution in [0.3, 0.4) is 0 Å². The number of pyridine rings is 2. The topological polar surface area (TPSA) is 154 Å². The summed E-state index contributed by atoms with van der Waals surface area (Å²) in [6.45, 7) is 8.61. The number of aromatic nitrogens is 2. The number of nitrogens with one attached hydrogen (secondary N) is 2. The smallest absolute Gasteiger partial charge is 0.413 e. The van der Waals surface area contributed by atoms with Crippen molar-refractivity contribution in [3.05, 3.63) is 83.1 Å². The number of carbonyl (C=O) groups is 5. The molecule has 0 radical (unpaired) electrons. The minimum absolute atomic E-state index is 0.0898. The third-order valence-electron chi connectivity index (χ3n) is 13.0. The molecule has 9 rings (SSSR count). The van der Waals surface area contributed by atoms with Gasteiger partial charge in [0.15, 0.2) is 0 Å². The van der Waals surface area contributed by atoms with Crippen LogP contribution in [0, 0.1) is 31.0 Å². The molecule has 1 spiro atoms. The van der Waals surface area contributed by atoms with Crippen LogP contribution in [-0.2, 0) is 14.3 Å². The minimum Gasteiger partial charge on any atom is -0.446 e. The van der Waals surface area contributed by atoms with E-state index in [1.807, 2.05) is 26.0 Å². The number of nitrogens with zero attached hydrogens (tertiary/aromatic N) is 5. The summed E-state index contributed by atoms with van der Waals surface area (Å²) >= 11 is 0. The number of piperidine rings is 3. The normalized spacial score (nSPS) is 21.3. The second kappa shape index (κ2) is 14.9. The maximum absolute atomic E-state index is 15.1. The number of aryl methyl sites for hydroxylation is 2. The van der Waals surface area contributed by atoms with E-state index in [1.165, 1.54) is 6.07 Å². The maximum atomic E-state index is 15.1. The number of ether oxygens (including phenoxy) is 1. The van der Waals surface area contributed by atoms with Crippen LogP contribution in [0.1, 0.15) is 83.3 Å². The molecule has 0 bridgehead atoms. The molecule has 1 atom stereocenters. The fraction of sp³-hybridized carbons (Fsp3) is 0.432. The van der Waals surface area contributed by atoms with Crippen LogP contribution in [-0.4, -0.2) is 94.4 Å². The van der Waals surface area contributed by atoms with Crippen LogP contribution in [0.2, 0.25) is 0 Å². The number of likely N-dealkylation sites (tertiary alicyclic amines) is 1. The van der Waals surface area contributed by atoms with E-state index in [9.17, 15) is 24.0 Å². The Morgan fingerprint density at radius 2 is 1.62 bits per heavy atom. The molecule has 4 fully saturated rings. The molecule has 4 aromatic rings. The number of hydrogen-bond acceptors (Lipinski definition) is 10. The van der Waals surface area contributed by atoms with Crippen LogP contribution >= 0.6 is 0 Å². The molecular weight excluding hydrogens is 742 g/mol. The van der Waals surface area contributed by atoms with E-state index in [-0.39, 0.29) is 30.2 Å². The van der Waals surface area contributed by atoms with Gasteiger partial charge >= 0.3 is 6.09 Å². The van der Waals surface area contributed by atoms with E-state index >= 15 is 4.39 Å². The SMILES string of the molecule is Cc1cc(C)c(-c2cc3cc(NC(=O)OC4CC5(CCN(CC6CCN(c7ccc8c(c7)C(=O)N(C7CCC(=O)NC7=O)C8=O)CC6)CC5)C4)ncc3cc2F)cn1. The third-order valence-corrected chi connectivity index (χ3v) is 13.0. The summed E-state index contributed by atoms with van der Waals surface area (Å²) in [7, 11) is 0. The van der Waals surface area contributed by atoms with Gasteiger partial charge in [0.05, 0.1) is 11.1 Å². The van der Waals surface area contributed by atoms with Crippen molar-refractivity contribution in [2.45, 2.75) is 77.4 Å². The largest absolute Gasteiger partial charge is 0.446 e. The van der Waals surface area contributed by atoms with Crippen LogP contribution in [0.4, 0.5) is 20.7 Å². The number of halogens is 1. The first-order valence-electron chi connectivity index (χ1n) is 20.3. The Morgan fingerprint density at radius 3 is 2.36 bits per heavy atom. The summed E-state index contributed by atoms with van der Waals surface area (Å²) in [5.74, 6) is -1.43. The number of benzene rings is 2. The molecule has 6 heterocycles. The van der Waals surface area contributed by atoms with Gasteiger partial charge in [0, 0.05) is 66.3 Å². The lowest BCUT2D eigenvalue weighted by molar-refractivity contribution is -0.136. The summed E-state index contributed by atoms with van der Waals surface area (Å²) in [6, 6.07) is 11.2. The van der Waals surface area contributed by atoms with Crippen LogP contribution in [0.5, 0.6) is 0 Å². The highest BCUT2D eigenvalue weighted by atomic mass is 19.1. The Morgan fingerprint density at radius 1 is 0.862 bits per heavy atom. The lowest BCUT2D eigenvalue weighted by Gasteiger charge is -2.51. The number of rotatable bonds is 7. The Labute approximate surface area is 335 Å². The van der Waals surface area contributed by atoms with E-state index in [0.29, 0.717) is 33.8 Å². The van der Waals surface area contributed by atoms with Gasteiger partial charge in [0.2, 0.25) is 11.8 Å². The van der Waals surface area contributed by atoms with E-state index in [2.05, 4.69) is 30.4 Å². The zero-order valence-electron chi connectivity index (χ0n) is 32.7. The number of fused-ring (bicyclic) bond motifs is 2. The van der Waals surface area contributed by atoms with Crippen LogP contribution in [0.15, 0.2) is 54.9 Å². The maximum Gasteiger partial charge on any atom is 0.413 e. The van der Waals surface area contributed by atoms with Gasteiger partial charge in [-0.3, -0.25) is 39.7 Å². The molecule has 58 heavy (non-hydrogen) atoms. The average molecular weight is 788 g/mol. The average Bonchev–Trinajstić information content (AvgIpc) is 3.43. The highest BCUT2D eigenvalue weighted by molar-refractivity contribution is 6.23. The Hall–Kier alpha value is -5.76. The first kappa shape index (κ1) is 37.8. The van der Waals surface area contributed by atoms with Gasteiger partial charge < -0.3 is 14.5 Å². The van der Waals surface area contributed by atoms with Crippen molar-refractivity contribution in [2.75, 3.05) is 42.9 Å². The standard InChI is InChI=1S/C44H46FN7O6/c1-25-15-26(2)46-23-35(25)33-16-28-18-38(47-22-29(28)17-36(33)45)48-43(57)58-31-20-44(21-31)9-13-50(14-10-44)24-27-7-11-51(12-8-27)30-3-4-32-34(19-30)42(56)52(41(32)55)37-5-6-39(53)49-40(37)54/h3-4,15-19,22-23,27,31,37H,5-14,20-21,24H2,1-2H3,(H,47,48,57)(H,49,53,54). The number of anilines is 2. The van der Waals surface area contributed by atoms with Gasteiger partial charge in [-0.25, -0.2) is 14.2 Å². The summed E-state index contributed by atoms with van der Waals surface area (Å²) < 4.78 is 20.9. The molecule has 2 aromatic carbocycles. The van der Waals surface area contributed by atoms with Crippen LogP contribution in [0.25, 0.3) is 21.9 Å². The summed E-state index contributed by atoms with van der Waals surface area (Å²) in [5, 5.41) is 6.39. The number of imide groups is 2. The van der Waals surface area contributed by atoms with E-state index in [1.54, 1.807) is 36.7 Å². The number of carbonyl (C=O) groups excluding carboxylic acids is 5. The van der Waals surface area contributed by atoms with Gasteiger partial charge in [-0.1, -0.05) is 0 Å². The second-order valence-electron chi connectivity index (χ2n) is 16.9. The van der Waals surface area contributed by atoms with E-state index < -0.39 is 35.8 Å². The molecule has 4 aliphatic heterocycles. The predicted molar refractivity (Wildman–Crippen MR) is 214 cm³/mol. The summed E-state index contributed by atoms with van der Waals surface area (Å²) in [5.41, 5.74) is 4.67. The van der Waals surface area contributed by atoms with Gasteiger partial charge in [0.25, 0.3) is 11.8 Å². The van der Waals surface area contributed by atoms with Crippen molar-refractivity contribution in [1.82, 2.24) is 25.1 Å². The highest BCUT2D eigenvalue weighted by Gasteiger charge is 2.48. The molecule has 300 valence electrons. The van der Waals surface area contributed by atoms with Crippen molar-refractivity contribution in [3.8, 4) is 11.1 Å². The zero-order valence-corrected chi connectivity index (χ0v) is 32.7. The third kappa shape index (κ3) is 7.18. The Bertz CT molecular complexity index is 2360. The molecule has 2 N–H and O–H groups in total. The minimum atomic E-state index is -0.974. The molecule has 1 aliphatic carbocycles. The van der Waals surface area contributed by atoms with Crippen molar-refractivity contribution < 1.29 is 33.1 Å². The fourth-order valence-corrected chi connectivity index (χ4v) is 9.71. The van der Waals surface area contributed by atoms with Gasteiger partial charge in [-0.05, 0) is 137 Å². The monoisotopic (exact) mass is 787 g/mol. The molecule has 3 saturated heterocycles. The second-order valence-corrected chi connectivity index (χ2v) is 16.9. The van der Waals surface area contributed by atoms with E-state index in [0.717, 1.165) is 104 Å². The lowest BCUT2D eigenvalue weighted by Crippen LogP contribution is -2.54. The molecule has 1 saturated carbocycles. The first-order valence-corrected chi connectivity index (χ1v) is 20.3. The highest BCUT2D eigenvalue weighted by Crippen LogP contribution is 2.50. The van der Waals surface area contributed by atoms with Gasteiger partial charge in [-0.2, -0.15) is 0 Å². The van der Waals surface area contributed by atoms with Crippen molar-refractivity contribution in [1.29, 1.82) is 0 Å². The number of amides is 5. The molecule has 2 aromatic heterocycles. The molecule has 5 aliphatic rings. The molecule has 13 nitrogen and oxygen atoms in total. The van der Waals surface area contributed by atoms with E-state index in [4.69, 9.17) is 4.74 Å². The molecule has 14 heteroatoms. The zero-order chi connectivity index (χ0) is 40.3. The molecule has 1 unspecified atom stereocenters. The first-order chi connectivity index (χ1) is 27.9.